The highest BCUT2D eigenvalue weighted by Crippen LogP contribution is 1.81. The van der Waals surface area contributed by atoms with E-state index in [-0.39, 0.29) is 6.61 Å². The van der Waals surface area contributed by atoms with Crippen LogP contribution in [0.3, 0.4) is 0 Å². The van der Waals surface area contributed by atoms with Gasteiger partial charge in [0.2, 0.25) is 0 Å². The summed E-state index contributed by atoms with van der Waals surface area (Å²) in [5, 5.41) is 16.6. The molecule has 0 spiro atoms. The normalized spacial score (nSPS) is 12.0. The third-order valence-corrected chi connectivity index (χ3v) is 0.660. The van der Waals surface area contributed by atoms with Crippen molar-refractivity contribution in [1.82, 2.24) is 0 Å². The van der Waals surface area contributed by atoms with Crippen LogP contribution >= 0.6 is 0 Å². The van der Waals surface area contributed by atoms with Crippen LogP contribution in [-0.4, -0.2) is 24.4 Å². The number of aliphatic hydroxyl groups excluding tert-OH is 1. The van der Waals surface area contributed by atoms with Crippen molar-refractivity contribution in [2.75, 3.05) is 13.2 Å². The summed E-state index contributed by atoms with van der Waals surface area (Å²) in [6.07, 6.45) is 0.550. The first-order valence-corrected chi connectivity index (χ1v) is 2.57. The van der Waals surface area contributed by atoms with Crippen molar-refractivity contribution >= 4 is 0 Å². The number of hydrogen-bond donors (Lipinski definition) is 1. The number of rotatable bonds is 4. The molecule has 0 fully saturated rings. The Bertz CT molecular complexity index is 117. The molecule has 0 aromatic heterocycles. The van der Waals surface area contributed by atoms with Gasteiger partial charge < -0.3 is 9.84 Å². The lowest BCUT2D eigenvalue weighted by Crippen LogP contribution is -2.12. The third-order valence-electron chi connectivity index (χ3n) is 0.660. The summed E-state index contributed by atoms with van der Waals surface area (Å²) in [4.78, 5) is 0. The molecule has 0 heterocycles. The van der Waals surface area contributed by atoms with Crippen molar-refractivity contribution in [2.45, 2.75) is 6.10 Å². The molecule has 0 aliphatic rings. The van der Waals surface area contributed by atoms with Crippen molar-refractivity contribution in [2.24, 2.45) is 0 Å². The maximum Gasteiger partial charge on any atom is 0.163 e. The molecule has 0 aliphatic heterocycles. The predicted molar refractivity (Wildman–Crippen MR) is 32.6 cm³/mol. The van der Waals surface area contributed by atoms with E-state index in [4.69, 9.17) is 15.1 Å². The number of nitrogens with zero attached hydrogens (tertiary/aromatic N) is 1. The summed E-state index contributed by atoms with van der Waals surface area (Å²) in [5.41, 5.74) is 0. The Hall–Kier alpha value is -0.850. The third kappa shape index (κ3) is 5.01. The first-order valence-electron chi connectivity index (χ1n) is 2.57. The monoisotopic (exact) mass is 127 g/mol. The summed E-state index contributed by atoms with van der Waals surface area (Å²) in [6.45, 7) is 3.83. The number of nitriles is 1. The number of aliphatic hydroxyl groups is 1. The maximum absolute atomic E-state index is 8.56. The minimum atomic E-state index is -1.01. The van der Waals surface area contributed by atoms with E-state index in [2.05, 4.69) is 6.58 Å². The second-order valence-electron chi connectivity index (χ2n) is 1.47. The van der Waals surface area contributed by atoms with E-state index < -0.39 is 6.10 Å². The van der Waals surface area contributed by atoms with E-state index in [1.54, 1.807) is 12.1 Å². The van der Waals surface area contributed by atoms with E-state index in [1.807, 2.05) is 0 Å². The largest absolute Gasteiger partial charge is 0.376 e. The Morgan fingerprint density at radius 2 is 2.56 bits per heavy atom. The van der Waals surface area contributed by atoms with Crippen LogP contribution in [0.4, 0.5) is 0 Å². The van der Waals surface area contributed by atoms with Crippen LogP contribution in [0.25, 0.3) is 0 Å². The fourth-order valence-electron chi connectivity index (χ4n) is 0.300. The molecule has 0 bridgehead atoms. The van der Waals surface area contributed by atoms with Crippen LogP contribution < -0.4 is 0 Å². The molecular formula is C6H9NO2. The quantitative estimate of drug-likeness (QED) is 0.330. The van der Waals surface area contributed by atoms with Gasteiger partial charge in [0.1, 0.15) is 0 Å². The molecule has 50 valence electrons. The summed E-state index contributed by atoms with van der Waals surface area (Å²) in [5.74, 6) is 0. The van der Waals surface area contributed by atoms with Gasteiger partial charge >= 0.3 is 0 Å². The Labute approximate surface area is 54.2 Å². The van der Waals surface area contributed by atoms with Crippen molar-refractivity contribution in [1.29, 1.82) is 5.26 Å². The zero-order chi connectivity index (χ0) is 7.11. The minimum absolute atomic E-state index is 0.0581. The fourth-order valence-corrected chi connectivity index (χ4v) is 0.300. The molecule has 1 atom stereocenters. The van der Waals surface area contributed by atoms with Gasteiger partial charge in [-0.1, -0.05) is 6.08 Å². The molecule has 9 heavy (non-hydrogen) atoms. The lowest BCUT2D eigenvalue weighted by Gasteiger charge is -1.99. The smallest absolute Gasteiger partial charge is 0.163 e. The van der Waals surface area contributed by atoms with Gasteiger partial charge in [-0.05, 0) is 0 Å². The van der Waals surface area contributed by atoms with Crippen LogP contribution in [0.5, 0.6) is 0 Å². The lowest BCUT2D eigenvalue weighted by atomic mass is 10.4. The van der Waals surface area contributed by atoms with Crippen molar-refractivity contribution < 1.29 is 9.84 Å². The SMILES string of the molecule is C=CCOC[C@H](O)C#N. The average molecular weight is 127 g/mol. The van der Waals surface area contributed by atoms with Gasteiger partial charge in [0, 0.05) is 0 Å². The van der Waals surface area contributed by atoms with Crippen molar-refractivity contribution in [3.05, 3.63) is 12.7 Å². The number of hydrogen-bond acceptors (Lipinski definition) is 3. The van der Waals surface area contributed by atoms with Crippen LogP contribution in [0.2, 0.25) is 0 Å². The zero-order valence-corrected chi connectivity index (χ0v) is 5.08. The van der Waals surface area contributed by atoms with Gasteiger partial charge in [-0.2, -0.15) is 5.26 Å². The molecular weight excluding hydrogens is 118 g/mol. The second-order valence-corrected chi connectivity index (χ2v) is 1.47. The average Bonchev–Trinajstić information content (AvgIpc) is 1.89. The molecule has 0 unspecified atom stereocenters. The topological polar surface area (TPSA) is 53.2 Å². The van der Waals surface area contributed by atoms with Crippen molar-refractivity contribution in [3.8, 4) is 6.07 Å². The molecule has 0 radical (unpaired) electrons. The van der Waals surface area contributed by atoms with E-state index in [0.717, 1.165) is 0 Å². The molecule has 3 nitrogen and oxygen atoms in total. The molecule has 0 saturated carbocycles. The van der Waals surface area contributed by atoms with Gasteiger partial charge in [0.25, 0.3) is 0 Å². The molecule has 3 heteroatoms. The highest BCUT2D eigenvalue weighted by molar-refractivity contribution is 4.81. The first kappa shape index (κ1) is 8.15. The molecule has 1 N–H and O–H groups in total. The molecule has 0 aromatic carbocycles. The molecule has 0 aromatic rings. The fraction of sp³-hybridized carbons (Fsp3) is 0.500. The minimum Gasteiger partial charge on any atom is -0.376 e. The highest BCUT2D eigenvalue weighted by Gasteiger charge is 1.97. The van der Waals surface area contributed by atoms with E-state index in [0.29, 0.717) is 6.61 Å². The maximum atomic E-state index is 8.56. The van der Waals surface area contributed by atoms with Gasteiger partial charge in [0.05, 0.1) is 19.3 Å². The zero-order valence-electron chi connectivity index (χ0n) is 5.08. The van der Waals surface area contributed by atoms with Gasteiger partial charge in [-0.3, -0.25) is 0 Å². The molecule has 0 aliphatic carbocycles. The Morgan fingerprint density at radius 1 is 1.89 bits per heavy atom. The predicted octanol–water partition coefficient (Wildman–Crippen LogP) is 0.0735. The van der Waals surface area contributed by atoms with Crippen LogP contribution in [0.15, 0.2) is 12.7 Å². The Morgan fingerprint density at radius 3 is 3.00 bits per heavy atom. The second kappa shape index (κ2) is 5.29. The van der Waals surface area contributed by atoms with Crippen LogP contribution in [-0.2, 0) is 4.74 Å². The summed E-state index contributed by atoms with van der Waals surface area (Å²) in [7, 11) is 0. The standard InChI is InChI=1S/C6H9NO2/c1-2-3-9-5-6(8)4-7/h2,6,8H,1,3,5H2/t6-/m1/s1. The first-order chi connectivity index (χ1) is 4.31. The molecule has 0 saturated heterocycles. The van der Waals surface area contributed by atoms with E-state index in [1.165, 1.54) is 0 Å². The Kier molecular flexibility index (Phi) is 4.79. The summed E-state index contributed by atoms with van der Waals surface area (Å²) < 4.78 is 4.74. The molecule has 0 rings (SSSR count). The number of ether oxygens (including phenoxy) is 1. The van der Waals surface area contributed by atoms with Gasteiger partial charge in [0.15, 0.2) is 6.10 Å². The van der Waals surface area contributed by atoms with E-state index >= 15 is 0 Å². The molecule has 0 amide bonds. The van der Waals surface area contributed by atoms with Gasteiger partial charge in [-0.15, -0.1) is 6.58 Å². The van der Waals surface area contributed by atoms with Crippen LogP contribution in [0.1, 0.15) is 0 Å². The highest BCUT2D eigenvalue weighted by atomic mass is 16.5. The van der Waals surface area contributed by atoms with Gasteiger partial charge in [-0.25, -0.2) is 0 Å². The summed E-state index contributed by atoms with van der Waals surface area (Å²) in [6, 6.07) is 1.62. The van der Waals surface area contributed by atoms with Crippen molar-refractivity contribution in [3.63, 3.8) is 0 Å². The van der Waals surface area contributed by atoms with E-state index in [9.17, 15) is 0 Å². The summed E-state index contributed by atoms with van der Waals surface area (Å²) >= 11 is 0. The lowest BCUT2D eigenvalue weighted by molar-refractivity contribution is 0.0786. The Balaban J connectivity index is 3.08. The van der Waals surface area contributed by atoms with Crippen LogP contribution in [0, 0.1) is 11.3 Å².